The van der Waals surface area contributed by atoms with Crippen LogP contribution in [-0.2, 0) is 12.8 Å². The number of hydrogen-bond acceptors (Lipinski definition) is 3. The molecule has 4 nitrogen and oxygen atoms in total. The van der Waals surface area contributed by atoms with Crippen LogP contribution in [0, 0.1) is 5.92 Å². The van der Waals surface area contributed by atoms with E-state index in [0.717, 1.165) is 41.1 Å². The summed E-state index contributed by atoms with van der Waals surface area (Å²) in [5.41, 5.74) is 3.89. The van der Waals surface area contributed by atoms with Crippen molar-refractivity contribution < 1.29 is 19.1 Å². The quantitative estimate of drug-likeness (QED) is 0.734. The molecule has 1 aliphatic carbocycles. The Morgan fingerprint density at radius 1 is 1.07 bits per heavy atom. The maximum Gasteiger partial charge on any atom is 0.119 e. The predicted octanol–water partition coefficient (Wildman–Crippen LogP) is 3.47. The van der Waals surface area contributed by atoms with E-state index in [0.29, 0.717) is 11.8 Å². The summed E-state index contributed by atoms with van der Waals surface area (Å²) in [6, 6.07) is 12.5. The van der Waals surface area contributed by atoms with E-state index < -0.39 is 0 Å². The molecule has 0 unspecified atom stereocenters. The first-order chi connectivity index (χ1) is 13.0. The molecule has 1 aliphatic heterocycles. The summed E-state index contributed by atoms with van der Waals surface area (Å²) >= 11 is 0. The Hall–Kier alpha value is -2.20. The lowest BCUT2D eigenvalue weighted by molar-refractivity contribution is -0.943. The fourth-order valence-electron chi connectivity index (χ4n) is 4.63. The molecule has 0 N–H and O–H groups in total. The van der Waals surface area contributed by atoms with Crippen molar-refractivity contribution in [2.24, 2.45) is 5.92 Å². The van der Waals surface area contributed by atoms with Crippen LogP contribution in [0.1, 0.15) is 35.6 Å². The lowest BCUT2D eigenvalue weighted by Gasteiger charge is -2.46. The molecular weight excluding hydrogens is 338 g/mol. The summed E-state index contributed by atoms with van der Waals surface area (Å²) in [7, 11) is 5.67. The molecule has 4 heteroatoms. The lowest BCUT2D eigenvalue weighted by Crippen LogP contribution is -2.53. The molecule has 0 bridgehead atoms. The number of fused-ring (bicyclic) bond motifs is 1. The maximum atomic E-state index is 12.2. The smallest absolute Gasteiger partial charge is 0.119 e. The van der Waals surface area contributed by atoms with E-state index in [9.17, 15) is 5.11 Å². The van der Waals surface area contributed by atoms with Gasteiger partial charge in [0, 0.05) is 24.3 Å². The Morgan fingerprint density at radius 3 is 2.56 bits per heavy atom. The summed E-state index contributed by atoms with van der Waals surface area (Å²) in [5.74, 6) is 2.18. The molecule has 1 saturated carbocycles. The SMILES string of the molecule is COc1ccc2c(c1)CC[N@+](C)(CC1CC1)[C@@H]2Cc1ccc(OC)c([O-])c1. The van der Waals surface area contributed by atoms with Gasteiger partial charge >= 0.3 is 0 Å². The first kappa shape index (κ1) is 18.2. The fourth-order valence-corrected chi connectivity index (χ4v) is 4.63. The Balaban J connectivity index is 1.69. The van der Waals surface area contributed by atoms with Crippen molar-refractivity contribution >= 4 is 0 Å². The van der Waals surface area contributed by atoms with Gasteiger partial charge in [0.05, 0.1) is 34.4 Å². The number of methoxy groups -OCH3 is 2. The Bertz CT molecular complexity index is 830. The van der Waals surface area contributed by atoms with Crippen molar-refractivity contribution in [1.82, 2.24) is 0 Å². The van der Waals surface area contributed by atoms with Gasteiger partial charge in [-0.1, -0.05) is 17.9 Å². The molecule has 0 saturated heterocycles. The van der Waals surface area contributed by atoms with Crippen LogP contribution in [0.4, 0.5) is 0 Å². The highest BCUT2D eigenvalue weighted by Gasteiger charge is 2.42. The van der Waals surface area contributed by atoms with E-state index in [4.69, 9.17) is 9.47 Å². The van der Waals surface area contributed by atoms with Crippen LogP contribution >= 0.6 is 0 Å². The van der Waals surface area contributed by atoms with Gasteiger partial charge in [-0.2, -0.15) is 0 Å². The summed E-state index contributed by atoms with van der Waals surface area (Å²) in [5, 5.41) is 12.2. The number of quaternary nitrogens is 1. The van der Waals surface area contributed by atoms with Crippen LogP contribution in [0.2, 0.25) is 0 Å². The molecule has 0 radical (unpaired) electrons. The largest absolute Gasteiger partial charge is 0.870 e. The van der Waals surface area contributed by atoms with Gasteiger partial charge in [-0.05, 0) is 48.2 Å². The summed E-state index contributed by atoms with van der Waals surface area (Å²) < 4.78 is 11.6. The third-order valence-corrected chi connectivity index (χ3v) is 6.38. The van der Waals surface area contributed by atoms with Crippen molar-refractivity contribution in [3.8, 4) is 17.2 Å². The molecule has 0 spiro atoms. The van der Waals surface area contributed by atoms with Crippen LogP contribution < -0.4 is 14.6 Å². The fraction of sp³-hybridized carbons (Fsp3) is 0.478. The Labute approximate surface area is 161 Å². The molecule has 0 aromatic heterocycles. The van der Waals surface area contributed by atoms with E-state index in [1.807, 2.05) is 6.07 Å². The first-order valence-electron chi connectivity index (χ1n) is 9.87. The van der Waals surface area contributed by atoms with E-state index in [-0.39, 0.29) is 5.75 Å². The normalized spacial score (nSPS) is 24.3. The average Bonchev–Trinajstić information content (AvgIpc) is 3.47. The van der Waals surface area contributed by atoms with Gasteiger partial charge < -0.3 is 19.1 Å². The zero-order valence-electron chi connectivity index (χ0n) is 16.5. The monoisotopic (exact) mass is 367 g/mol. The van der Waals surface area contributed by atoms with Crippen LogP contribution in [-0.4, -0.2) is 38.8 Å². The van der Waals surface area contributed by atoms with Crippen LogP contribution in [0.25, 0.3) is 0 Å². The summed E-state index contributed by atoms with van der Waals surface area (Å²) in [6.45, 7) is 2.37. The minimum absolute atomic E-state index is 0.0304. The molecule has 0 amide bonds. The Morgan fingerprint density at radius 2 is 1.89 bits per heavy atom. The molecule has 2 aromatic carbocycles. The van der Waals surface area contributed by atoms with Crippen molar-refractivity contribution in [3.05, 3.63) is 53.1 Å². The molecule has 1 fully saturated rings. The third kappa shape index (κ3) is 3.63. The molecular formula is C23H29NO3. The molecule has 1 heterocycles. The van der Waals surface area contributed by atoms with Gasteiger partial charge in [-0.3, -0.25) is 0 Å². The van der Waals surface area contributed by atoms with Gasteiger partial charge in [-0.25, -0.2) is 0 Å². The van der Waals surface area contributed by atoms with E-state index >= 15 is 0 Å². The number of likely N-dealkylation sites (N-methyl/N-ethyl adjacent to an activating group) is 1. The average molecular weight is 367 g/mol. The van der Waals surface area contributed by atoms with Crippen LogP contribution in [0.3, 0.4) is 0 Å². The van der Waals surface area contributed by atoms with Crippen molar-refractivity contribution in [2.75, 3.05) is 34.4 Å². The second-order valence-corrected chi connectivity index (χ2v) is 8.35. The zero-order valence-corrected chi connectivity index (χ0v) is 16.5. The van der Waals surface area contributed by atoms with Gasteiger partial charge in [0.2, 0.25) is 0 Å². The standard InChI is InChI=1S/C23H29NO3/c1-24(15-16-4-5-16)11-10-18-14-19(26-2)7-8-20(18)21(24)12-17-6-9-23(27-3)22(25)13-17/h6-9,13-14,16,21H,4-5,10-12,15H2,1-3H3/t21-,24-/m1/s1. The number of ether oxygens (including phenoxy) is 2. The minimum Gasteiger partial charge on any atom is -0.870 e. The van der Waals surface area contributed by atoms with Crippen LogP contribution in [0.5, 0.6) is 17.2 Å². The predicted molar refractivity (Wildman–Crippen MR) is 104 cm³/mol. The van der Waals surface area contributed by atoms with Crippen molar-refractivity contribution in [2.45, 2.75) is 31.7 Å². The highest BCUT2D eigenvalue weighted by molar-refractivity contribution is 5.43. The first-order valence-corrected chi connectivity index (χ1v) is 9.87. The summed E-state index contributed by atoms with van der Waals surface area (Å²) in [4.78, 5) is 0. The number of benzene rings is 2. The second kappa shape index (κ2) is 7.08. The number of hydrogen-bond donors (Lipinski definition) is 0. The molecule has 2 aromatic rings. The molecule has 2 atom stereocenters. The molecule has 4 rings (SSSR count). The molecule has 2 aliphatic rings. The summed E-state index contributed by atoms with van der Waals surface area (Å²) in [6.07, 6.45) is 4.69. The third-order valence-electron chi connectivity index (χ3n) is 6.38. The van der Waals surface area contributed by atoms with Crippen molar-refractivity contribution in [1.29, 1.82) is 0 Å². The Kier molecular flexibility index (Phi) is 4.77. The molecule has 27 heavy (non-hydrogen) atoms. The molecule has 144 valence electrons. The minimum atomic E-state index is -0.0304. The maximum absolute atomic E-state index is 12.2. The number of nitrogens with zero attached hydrogens (tertiary/aromatic N) is 1. The van der Waals surface area contributed by atoms with Gasteiger partial charge in [-0.15, -0.1) is 0 Å². The highest BCUT2D eigenvalue weighted by atomic mass is 16.5. The van der Waals surface area contributed by atoms with Crippen LogP contribution in [0.15, 0.2) is 36.4 Å². The lowest BCUT2D eigenvalue weighted by atomic mass is 9.86. The highest BCUT2D eigenvalue weighted by Crippen LogP contribution is 2.43. The van der Waals surface area contributed by atoms with E-state index in [2.05, 4.69) is 25.2 Å². The van der Waals surface area contributed by atoms with E-state index in [1.54, 1.807) is 26.4 Å². The topological polar surface area (TPSA) is 41.5 Å². The second-order valence-electron chi connectivity index (χ2n) is 8.35. The van der Waals surface area contributed by atoms with Gasteiger partial charge in [0.15, 0.2) is 0 Å². The van der Waals surface area contributed by atoms with E-state index in [1.165, 1.54) is 30.5 Å². The zero-order chi connectivity index (χ0) is 19.0. The van der Waals surface area contributed by atoms with Gasteiger partial charge in [0.1, 0.15) is 17.5 Å². The van der Waals surface area contributed by atoms with Crippen molar-refractivity contribution in [3.63, 3.8) is 0 Å². The number of rotatable bonds is 6. The van der Waals surface area contributed by atoms with Gasteiger partial charge in [0.25, 0.3) is 0 Å².